The van der Waals surface area contributed by atoms with Crippen LogP contribution in [-0.2, 0) is 29.2 Å². The molecule has 5 atom stereocenters. The number of rotatable bonds is 9. The van der Waals surface area contributed by atoms with Gasteiger partial charge >= 0.3 is 21.3 Å². The van der Waals surface area contributed by atoms with Crippen molar-refractivity contribution in [2.45, 2.75) is 31.1 Å². The zero-order valence-corrected chi connectivity index (χ0v) is 20.4. The van der Waals surface area contributed by atoms with Gasteiger partial charge in [0.1, 0.15) is 24.1 Å². The van der Waals surface area contributed by atoms with E-state index in [1.807, 2.05) is 6.07 Å². The van der Waals surface area contributed by atoms with E-state index in [9.17, 15) is 33.8 Å². The highest BCUT2D eigenvalue weighted by Gasteiger charge is 2.46. The van der Waals surface area contributed by atoms with E-state index in [-0.39, 0.29) is 18.2 Å². The van der Waals surface area contributed by atoms with E-state index in [2.05, 4.69) is 13.8 Å². The molecule has 16 nitrogen and oxygen atoms in total. The standard InChI is InChI=1S/C19H21N3O13P2/c23-14-6-7-21(18-16(25)15(24)13(34-18)10-32-37(30,31)35-36(27,28)29)19(26)22(14)9-12-8-20-17(33-12)11-4-2-1-3-5-11/h1-8,13,15-16,18,24-25H,9-10H2,(H,30,31)(H2,27,28,29)/t13-,15?,16?,18-/m1/s1. The van der Waals surface area contributed by atoms with Crippen LogP contribution < -0.4 is 11.2 Å². The molecule has 0 radical (unpaired) electrons. The zero-order chi connectivity index (χ0) is 27.0. The maximum absolute atomic E-state index is 13.1. The monoisotopic (exact) mass is 561 g/mol. The Balaban J connectivity index is 1.52. The molecular weight excluding hydrogens is 540 g/mol. The van der Waals surface area contributed by atoms with Gasteiger partial charge in [-0.1, -0.05) is 18.2 Å². The number of benzene rings is 1. The summed E-state index contributed by atoms with van der Waals surface area (Å²) in [5.74, 6) is 0.447. The Morgan fingerprint density at radius 1 is 1.03 bits per heavy atom. The van der Waals surface area contributed by atoms with Crippen LogP contribution in [0, 0.1) is 0 Å². The first-order valence-corrected chi connectivity index (χ1v) is 13.5. The third-order valence-corrected chi connectivity index (χ3v) is 7.36. The van der Waals surface area contributed by atoms with Crippen LogP contribution >= 0.6 is 15.6 Å². The normalized spacial score (nSPS) is 23.7. The fourth-order valence-corrected chi connectivity index (χ4v) is 5.14. The molecule has 3 heterocycles. The summed E-state index contributed by atoms with van der Waals surface area (Å²) < 4.78 is 43.1. The first-order valence-electron chi connectivity index (χ1n) is 10.4. The van der Waals surface area contributed by atoms with Gasteiger partial charge in [-0.25, -0.2) is 18.9 Å². The van der Waals surface area contributed by atoms with Gasteiger partial charge in [0.15, 0.2) is 6.23 Å². The van der Waals surface area contributed by atoms with Crippen molar-refractivity contribution < 1.29 is 52.0 Å². The smallest absolute Gasteiger partial charge is 0.439 e. The van der Waals surface area contributed by atoms with Crippen LogP contribution in [0.3, 0.4) is 0 Å². The van der Waals surface area contributed by atoms with Crippen molar-refractivity contribution >= 4 is 15.6 Å². The molecule has 0 spiro atoms. The Morgan fingerprint density at radius 3 is 2.41 bits per heavy atom. The number of aliphatic hydroxyl groups is 2. The van der Waals surface area contributed by atoms with Crippen LogP contribution in [0.5, 0.6) is 0 Å². The number of ether oxygens (including phenoxy) is 1. The molecule has 4 rings (SSSR count). The predicted octanol–water partition coefficient (Wildman–Crippen LogP) is -0.441. The molecule has 1 fully saturated rings. The lowest BCUT2D eigenvalue weighted by Crippen LogP contribution is -2.43. The molecule has 3 unspecified atom stereocenters. The van der Waals surface area contributed by atoms with E-state index in [0.717, 1.165) is 21.4 Å². The SMILES string of the molecule is O=c1ccn([C@@H]2O[C@H](COP(=O)(O)OP(=O)(O)O)C(O)C2O)c(=O)n1Cc1cnc(-c2ccccc2)o1. The summed E-state index contributed by atoms with van der Waals surface area (Å²) in [6, 6.07) is 9.90. The van der Waals surface area contributed by atoms with E-state index < -0.39 is 58.0 Å². The van der Waals surface area contributed by atoms with Crippen LogP contribution in [0.1, 0.15) is 12.0 Å². The van der Waals surface area contributed by atoms with Gasteiger partial charge in [-0.15, -0.1) is 0 Å². The van der Waals surface area contributed by atoms with Crippen molar-refractivity contribution in [2.24, 2.45) is 0 Å². The third-order valence-electron chi connectivity index (χ3n) is 5.21. The van der Waals surface area contributed by atoms with E-state index in [1.165, 1.54) is 6.20 Å². The molecule has 3 aromatic rings. The Kier molecular flexibility index (Phi) is 7.78. The van der Waals surface area contributed by atoms with E-state index in [4.69, 9.17) is 18.9 Å². The molecule has 18 heteroatoms. The van der Waals surface area contributed by atoms with Crippen LogP contribution in [-0.4, -0.2) is 63.9 Å². The molecular formula is C19H21N3O13P2. The second kappa shape index (κ2) is 10.6. The number of phosphoric ester groups is 1. The number of oxazole rings is 1. The number of aromatic nitrogens is 3. The highest BCUT2D eigenvalue weighted by atomic mass is 31.3. The van der Waals surface area contributed by atoms with Gasteiger partial charge in [0.2, 0.25) is 5.89 Å². The van der Waals surface area contributed by atoms with E-state index >= 15 is 0 Å². The molecule has 1 aromatic carbocycles. The lowest BCUT2D eigenvalue weighted by atomic mass is 10.1. The molecule has 1 aliphatic rings. The minimum atomic E-state index is -5.38. The summed E-state index contributed by atoms with van der Waals surface area (Å²) in [6.07, 6.45) is -4.22. The fourth-order valence-electron chi connectivity index (χ4n) is 3.54. The van der Waals surface area contributed by atoms with Gasteiger partial charge in [-0.2, -0.15) is 4.31 Å². The zero-order valence-electron chi connectivity index (χ0n) is 18.6. The van der Waals surface area contributed by atoms with Gasteiger partial charge in [-0.05, 0) is 12.1 Å². The second-order valence-electron chi connectivity index (χ2n) is 7.81. The Morgan fingerprint density at radius 2 is 1.73 bits per heavy atom. The maximum atomic E-state index is 13.1. The summed E-state index contributed by atoms with van der Waals surface area (Å²) in [4.78, 5) is 56.3. The number of nitrogens with zero attached hydrogens (tertiary/aromatic N) is 3. The summed E-state index contributed by atoms with van der Waals surface area (Å²) in [5.41, 5.74) is -0.974. The number of phosphoric acid groups is 2. The Labute approximate surface area is 206 Å². The molecule has 2 aromatic heterocycles. The first-order chi connectivity index (χ1) is 17.3. The summed E-state index contributed by atoms with van der Waals surface area (Å²) in [7, 11) is -10.6. The van der Waals surface area contributed by atoms with Crippen LogP contribution in [0.25, 0.3) is 11.5 Å². The fraction of sp³-hybridized carbons (Fsp3) is 0.316. The maximum Gasteiger partial charge on any atom is 0.481 e. The number of hydrogen-bond donors (Lipinski definition) is 5. The number of hydrogen-bond acceptors (Lipinski definition) is 11. The summed E-state index contributed by atoms with van der Waals surface area (Å²) >= 11 is 0. The van der Waals surface area contributed by atoms with Gasteiger partial charge < -0.3 is 34.0 Å². The van der Waals surface area contributed by atoms with Gasteiger partial charge in [-0.3, -0.25) is 18.5 Å². The van der Waals surface area contributed by atoms with E-state index in [0.29, 0.717) is 5.56 Å². The van der Waals surface area contributed by atoms with Crippen LogP contribution in [0.4, 0.5) is 0 Å². The third kappa shape index (κ3) is 6.40. The minimum absolute atomic E-state index is 0.179. The predicted molar refractivity (Wildman–Crippen MR) is 121 cm³/mol. The van der Waals surface area contributed by atoms with Crippen molar-refractivity contribution in [2.75, 3.05) is 6.61 Å². The highest BCUT2D eigenvalue weighted by Crippen LogP contribution is 2.57. The summed E-state index contributed by atoms with van der Waals surface area (Å²) in [5, 5.41) is 20.7. The molecule has 0 amide bonds. The quantitative estimate of drug-likeness (QED) is 0.208. The average Bonchev–Trinajstić information content (AvgIpc) is 3.40. The molecule has 0 aliphatic carbocycles. The van der Waals surface area contributed by atoms with Gasteiger partial charge in [0, 0.05) is 17.8 Å². The lowest BCUT2D eigenvalue weighted by Gasteiger charge is -2.18. The average molecular weight is 561 g/mol. The van der Waals surface area contributed by atoms with Crippen molar-refractivity contribution in [3.63, 3.8) is 0 Å². The van der Waals surface area contributed by atoms with Gasteiger partial charge in [0.05, 0.1) is 19.3 Å². The highest BCUT2D eigenvalue weighted by molar-refractivity contribution is 7.60. The second-order valence-corrected chi connectivity index (χ2v) is 10.6. The molecule has 0 bridgehead atoms. The van der Waals surface area contributed by atoms with Gasteiger partial charge in [0.25, 0.3) is 5.56 Å². The molecule has 200 valence electrons. The Bertz CT molecular complexity index is 1460. The van der Waals surface area contributed by atoms with Crippen molar-refractivity contribution in [3.8, 4) is 11.5 Å². The van der Waals surface area contributed by atoms with Crippen LogP contribution in [0.15, 0.2) is 62.8 Å². The summed E-state index contributed by atoms with van der Waals surface area (Å²) in [6.45, 7) is -1.26. The van der Waals surface area contributed by atoms with Crippen molar-refractivity contribution in [1.29, 1.82) is 0 Å². The lowest BCUT2D eigenvalue weighted by molar-refractivity contribution is -0.0547. The van der Waals surface area contributed by atoms with Crippen molar-refractivity contribution in [1.82, 2.24) is 14.1 Å². The topological polar surface area (TPSA) is 233 Å². The molecule has 5 N–H and O–H groups in total. The molecule has 1 saturated heterocycles. The molecule has 1 aliphatic heterocycles. The van der Waals surface area contributed by atoms with Crippen molar-refractivity contribution in [3.05, 3.63) is 75.4 Å². The largest absolute Gasteiger partial charge is 0.481 e. The molecule has 37 heavy (non-hydrogen) atoms. The Hall–Kier alpha value is -2.75. The van der Waals surface area contributed by atoms with Crippen LogP contribution in [0.2, 0.25) is 0 Å². The number of aliphatic hydroxyl groups excluding tert-OH is 2. The molecule has 0 saturated carbocycles. The van der Waals surface area contributed by atoms with E-state index in [1.54, 1.807) is 24.3 Å². The first kappa shape index (κ1) is 27.3. The minimum Gasteiger partial charge on any atom is -0.439 e.